The van der Waals surface area contributed by atoms with E-state index >= 15 is 0 Å². The second-order valence-corrected chi connectivity index (χ2v) is 5.55. The second-order valence-electron chi connectivity index (χ2n) is 5.55. The van der Waals surface area contributed by atoms with Crippen LogP contribution in [0.15, 0.2) is 24.3 Å². The van der Waals surface area contributed by atoms with Crippen molar-refractivity contribution in [1.82, 2.24) is 4.90 Å². The zero-order valence-corrected chi connectivity index (χ0v) is 11.6. The lowest BCUT2D eigenvalue weighted by Gasteiger charge is -2.22. The van der Waals surface area contributed by atoms with Gasteiger partial charge in [-0.1, -0.05) is 31.0 Å². The van der Waals surface area contributed by atoms with E-state index < -0.39 is 0 Å². The van der Waals surface area contributed by atoms with Crippen molar-refractivity contribution in [1.29, 1.82) is 0 Å². The molecule has 1 aliphatic rings. The first-order valence-electron chi connectivity index (χ1n) is 7.11. The lowest BCUT2D eigenvalue weighted by Crippen LogP contribution is -2.29. The van der Waals surface area contributed by atoms with E-state index in [2.05, 4.69) is 4.90 Å². The zero-order chi connectivity index (χ0) is 13.7. The molecule has 2 rings (SSSR count). The third-order valence-corrected chi connectivity index (χ3v) is 3.86. The molecule has 0 aromatic heterocycles. The number of rotatable bonds is 4. The van der Waals surface area contributed by atoms with Crippen LogP contribution in [0.3, 0.4) is 0 Å². The monoisotopic (exact) mass is 263 g/mol. The standard InChI is InChI=1S/C16H22FNO/c1-18(11-13-7-5-6-9-15(13)17)12-14-8-3-2-4-10-16(14)19/h5-7,9,14H,2-4,8,10-12H2,1H3. The summed E-state index contributed by atoms with van der Waals surface area (Å²) in [6, 6.07) is 6.84. The van der Waals surface area contributed by atoms with Gasteiger partial charge < -0.3 is 4.90 Å². The molecule has 0 N–H and O–H groups in total. The maximum atomic E-state index is 13.6. The highest BCUT2D eigenvalue weighted by atomic mass is 19.1. The van der Waals surface area contributed by atoms with Gasteiger partial charge in [0.2, 0.25) is 0 Å². The van der Waals surface area contributed by atoms with Crippen molar-refractivity contribution >= 4 is 5.78 Å². The molecule has 3 heteroatoms. The van der Waals surface area contributed by atoms with Crippen LogP contribution in [0.25, 0.3) is 0 Å². The molecule has 0 saturated heterocycles. The predicted molar refractivity (Wildman–Crippen MR) is 74.3 cm³/mol. The molecule has 1 aromatic rings. The molecular formula is C16H22FNO. The van der Waals surface area contributed by atoms with Gasteiger partial charge in [-0.3, -0.25) is 4.79 Å². The van der Waals surface area contributed by atoms with Gasteiger partial charge in [-0.15, -0.1) is 0 Å². The Morgan fingerprint density at radius 1 is 1.26 bits per heavy atom. The lowest BCUT2D eigenvalue weighted by atomic mass is 9.98. The number of nitrogens with zero attached hydrogens (tertiary/aromatic N) is 1. The summed E-state index contributed by atoms with van der Waals surface area (Å²) in [7, 11) is 1.96. The smallest absolute Gasteiger partial charge is 0.137 e. The number of halogens is 1. The van der Waals surface area contributed by atoms with E-state index in [1.165, 1.54) is 12.5 Å². The molecule has 1 atom stereocenters. The van der Waals surface area contributed by atoms with E-state index in [1.54, 1.807) is 12.1 Å². The summed E-state index contributed by atoms with van der Waals surface area (Å²) in [6.45, 7) is 1.31. The Morgan fingerprint density at radius 3 is 2.84 bits per heavy atom. The fourth-order valence-electron chi connectivity index (χ4n) is 2.78. The second kappa shape index (κ2) is 6.80. The van der Waals surface area contributed by atoms with Gasteiger partial charge >= 0.3 is 0 Å². The highest BCUT2D eigenvalue weighted by Crippen LogP contribution is 2.21. The van der Waals surface area contributed by atoms with Crippen LogP contribution in [0, 0.1) is 11.7 Å². The minimum absolute atomic E-state index is 0.138. The zero-order valence-electron chi connectivity index (χ0n) is 11.6. The van der Waals surface area contributed by atoms with E-state index in [1.807, 2.05) is 13.1 Å². The van der Waals surface area contributed by atoms with E-state index in [4.69, 9.17) is 0 Å². The maximum Gasteiger partial charge on any atom is 0.137 e. The average Bonchev–Trinajstić information content (AvgIpc) is 2.58. The Balaban J connectivity index is 1.91. The quantitative estimate of drug-likeness (QED) is 0.776. The van der Waals surface area contributed by atoms with Crippen molar-refractivity contribution in [2.45, 2.75) is 38.6 Å². The molecular weight excluding hydrogens is 241 g/mol. The van der Waals surface area contributed by atoms with Gasteiger partial charge in [0, 0.05) is 31.0 Å². The summed E-state index contributed by atoms with van der Waals surface area (Å²) in [6.07, 6.45) is 5.05. The Bertz CT molecular complexity index is 433. The molecule has 104 valence electrons. The van der Waals surface area contributed by atoms with Crippen LogP contribution < -0.4 is 0 Å². The van der Waals surface area contributed by atoms with Crippen molar-refractivity contribution in [3.8, 4) is 0 Å². The topological polar surface area (TPSA) is 20.3 Å². The normalized spacial score (nSPS) is 20.6. The molecule has 0 spiro atoms. The van der Waals surface area contributed by atoms with Crippen molar-refractivity contribution in [2.75, 3.05) is 13.6 Å². The molecule has 2 nitrogen and oxygen atoms in total. The van der Waals surface area contributed by atoms with Crippen LogP contribution in [0.2, 0.25) is 0 Å². The van der Waals surface area contributed by atoms with Crippen LogP contribution in [0.4, 0.5) is 4.39 Å². The summed E-state index contributed by atoms with van der Waals surface area (Å²) < 4.78 is 13.6. The van der Waals surface area contributed by atoms with Gasteiger partial charge in [0.1, 0.15) is 11.6 Å². The predicted octanol–water partition coefficient (Wildman–Crippen LogP) is 3.41. The number of hydrogen-bond acceptors (Lipinski definition) is 2. The van der Waals surface area contributed by atoms with E-state index in [0.29, 0.717) is 17.9 Å². The third kappa shape index (κ3) is 4.13. The molecule has 0 heterocycles. The molecule has 0 bridgehead atoms. The Labute approximate surface area is 114 Å². The molecule has 1 unspecified atom stereocenters. The summed E-state index contributed by atoms with van der Waals surface area (Å²) in [4.78, 5) is 14.0. The van der Waals surface area contributed by atoms with Crippen molar-refractivity contribution in [3.05, 3.63) is 35.6 Å². The summed E-state index contributed by atoms with van der Waals surface area (Å²) >= 11 is 0. The number of hydrogen-bond donors (Lipinski definition) is 0. The van der Waals surface area contributed by atoms with Gasteiger partial charge in [-0.05, 0) is 26.0 Å². The van der Waals surface area contributed by atoms with Crippen molar-refractivity contribution in [2.24, 2.45) is 5.92 Å². The van der Waals surface area contributed by atoms with Crippen LogP contribution in [0.1, 0.15) is 37.7 Å². The summed E-state index contributed by atoms with van der Waals surface area (Å²) in [5.41, 5.74) is 0.700. The van der Waals surface area contributed by atoms with Gasteiger partial charge in [-0.25, -0.2) is 4.39 Å². The SMILES string of the molecule is CN(Cc1ccccc1F)CC1CCCCCC1=O. The molecule has 0 radical (unpaired) electrons. The third-order valence-electron chi connectivity index (χ3n) is 3.86. The van der Waals surface area contributed by atoms with Gasteiger partial charge in [0.15, 0.2) is 0 Å². The molecule has 1 aromatic carbocycles. The Morgan fingerprint density at radius 2 is 2.05 bits per heavy atom. The van der Waals surface area contributed by atoms with Gasteiger partial charge in [-0.2, -0.15) is 0 Å². The minimum atomic E-state index is -0.165. The molecule has 1 aliphatic carbocycles. The van der Waals surface area contributed by atoms with Gasteiger partial charge in [0.25, 0.3) is 0 Å². The highest BCUT2D eigenvalue weighted by molar-refractivity contribution is 5.81. The number of Topliss-reactive ketones (excluding diaryl/α,β-unsaturated/α-hetero) is 1. The maximum absolute atomic E-state index is 13.6. The van der Waals surface area contributed by atoms with Crippen molar-refractivity contribution < 1.29 is 9.18 Å². The first-order valence-corrected chi connectivity index (χ1v) is 7.11. The molecule has 1 fully saturated rings. The first-order chi connectivity index (χ1) is 9.16. The van der Waals surface area contributed by atoms with Crippen LogP contribution in [-0.2, 0) is 11.3 Å². The van der Waals surface area contributed by atoms with Crippen LogP contribution in [0.5, 0.6) is 0 Å². The molecule has 19 heavy (non-hydrogen) atoms. The highest BCUT2D eigenvalue weighted by Gasteiger charge is 2.22. The lowest BCUT2D eigenvalue weighted by molar-refractivity contribution is -0.123. The molecule has 0 aliphatic heterocycles. The Hall–Kier alpha value is -1.22. The number of ketones is 1. The number of carbonyl (C=O) groups is 1. The average molecular weight is 263 g/mol. The first kappa shape index (κ1) is 14.2. The fourth-order valence-corrected chi connectivity index (χ4v) is 2.78. The number of benzene rings is 1. The summed E-state index contributed by atoms with van der Waals surface area (Å²) in [5.74, 6) is 0.360. The largest absolute Gasteiger partial charge is 0.301 e. The van der Waals surface area contributed by atoms with E-state index in [9.17, 15) is 9.18 Å². The summed E-state index contributed by atoms with van der Waals surface area (Å²) in [5, 5.41) is 0. The Kier molecular flexibility index (Phi) is 5.08. The number of carbonyl (C=O) groups excluding carboxylic acids is 1. The van der Waals surface area contributed by atoms with Crippen molar-refractivity contribution in [3.63, 3.8) is 0 Å². The van der Waals surface area contributed by atoms with Crippen LogP contribution in [-0.4, -0.2) is 24.3 Å². The molecule has 0 amide bonds. The minimum Gasteiger partial charge on any atom is -0.301 e. The fraction of sp³-hybridized carbons (Fsp3) is 0.562. The van der Waals surface area contributed by atoms with E-state index in [-0.39, 0.29) is 11.7 Å². The van der Waals surface area contributed by atoms with E-state index in [0.717, 1.165) is 32.2 Å². The van der Waals surface area contributed by atoms with Crippen LogP contribution >= 0.6 is 0 Å². The van der Waals surface area contributed by atoms with Gasteiger partial charge in [0.05, 0.1) is 0 Å². The molecule has 1 saturated carbocycles.